The topological polar surface area (TPSA) is 40.5 Å². The van der Waals surface area contributed by atoms with Crippen LogP contribution < -0.4 is 0 Å². The van der Waals surface area contributed by atoms with Crippen molar-refractivity contribution in [2.24, 2.45) is 0 Å². The highest BCUT2D eigenvalue weighted by molar-refractivity contribution is 5.73. The van der Waals surface area contributed by atoms with Crippen molar-refractivity contribution >= 4 is 5.91 Å². The summed E-state index contributed by atoms with van der Waals surface area (Å²) < 4.78 is 0. The summed E-state index contributed by atoms with van der Waals surface area (Å²) >= 11 is 0. The van der Waals surface area contributed by atoms with Gasteiger partial charge in [0.25, 0.3) is 0 Å². The molecule has 0 atom stereocenters. The molecule has 1 N–H and O–H groups in total. The van der Waals surface area contributed by atoms with Gasteiger partial charge in [-0.25, -0.2) is 0 Å². The number of carbonyl (C=O) groups is 1. The molecule has 1 amide bonds. The maximum Gasteiger partial charge on any atom is 0.219 e. The molecule has 0 aliphatic heterocycles. The molecule has 0 aromatic carbocycles. The second kappa shape index (κ2) is 3.90. The van der Waals surface area contributed by atoms with Crippen LogP contribution in [0.2, 0.25) is 0 Å². The van der Waals surface area contributed by atoms with E-state index in [4.69, 9.17) is 0 Å². The van der Waals surface area contributed by atoms with Crippen molar-refractivity contribution < 1.29 is 9.90 Å². The second-order valence-electron chi connectivity index (χ2n) is 3.59. The summed E-state index contributed by atoms with van der Waals surface area (Å²) in [4.78, 5) is 12.8. The molecular weight excluding hydrogens is 154 g/mol. The Hall–Kier alpha value is -0.570. The van der Waals surface area contributed by atoms with Crippen LogP contribution in [0.3, 0.4) is 0 Å². The lowest BCUT2D eigenvalue weighted by Gasteiger charge is -2.32. The zero-order chi connectivity index (χ0) is 9.14. The van der Waals surface area contributed by atoms with Crippen LogP contribution in [-0.4, -0.2) is 35.1 Å². The van der Waals surface area contributed by atoms with Gasteiger partial charge in [-0.15, -0.1) is 0 Å². The maximum absolute atomic E-state index is 11.0. The normalized spacial score (nSPS) is 29.9. The summed E-state index contributed by atoms with van der Waals surface area (Å²) in [6.07, 6.45) is 3.42. The zero-order valence-corrected chi connectivity index (χ0v) is 7.79. The predicted octanol–water partition coefficient (Wildman–Crippen LogP) is 0.768. The Morgan fingerprint density at radius 1 is 1.33 bits per heavy atom. The Balaban J connectivity index is 2.39. The lowest BCUT2D eigenvalue weighted by molar-refractivity contribution is -0.130. The molecule has 0 radical (unpaired) electrons. The largest absolute Gasteiger partial charge is 0.393 e. The minimum absolute atomic E-state index is 0.122. The highest BCUT2D eigenvalue weighted by Crippen LogP contribution is 2.21. The van der Waals surface area contributed by atoms with Crippen molar-refractivity contribution in [3.8, 4) is 0 Å². The van der Waals surface area contributed by atoms with Gasteiger partial charge in [0.1, 0.15) is 0 Å². The Bertz CT molecular complexity index is 162. The molecule has 1 fully saturated rings. The second-order valence-corrected chi connectivity index (χ2v) is 3.59. The average molecular weight is 171 g/mol. The van der Waals surface area contributed by atoms with Crippen LogP contribution in [0.25, 0.3) is 0 Å². The van der Waals surface area contributed by atoms with E-state index in [-0.39, 0.29) is 12.0 Å². The fourth-order valence-electron chi connectivity index (χ4n) is 1.70. The highest BCUT2D eigenvalue weighted by atomic mass is 16.3. The molecule has 0 spiro atoms. The van der Waals surface area contributed by atoms with Crippen LogP contribution in [0, 0.1) is 0 Å². The fourth-order valence-corrected chi connectivity index (χ4v) is 1.70. The number of hydrogen-bond donors (Lipinski definition) is 1. The van der Waals surface area contributed by atoms with Gasteiger partial charge in [0.2, 0.25) is 5.91 Å². The molecule has 0 aromatic rings. The van der Waals surface area contributed by atoms with E-state index in [0.29, 0.717) is 6.04 Å². The average Bonchev–Trinajstić information content (AvgIpc) is 2.04. The summed E-state index contributed by atoms with van der Waals surface area (Å²) in [5, 5.41) is 9.24. The third kappa shape index (κ3) is 2.21. The smallest absolute Gasteiger partial charge is 0.219 e. The molecule has 12 heavy (non-hydrogen) atoms. The van der Waals surface area contributed by atoms with Gasteiger partial charge in [-0.3, -0.25) is 4.79 Å². The standard InChI is InChI=1S/C9H17NO2/c1-7(11)10(2)8-3-5-9(12)6-4-8/h8-9,12H,3-6H2,1-2H3/t8-,9+. The van der Waals surface area contributed by atoms with E-state index in [1.165, 1.54) is 0 Å². The van der Waals surface area contributed by atoms with Crippen molar-refractivity contribution in [1.29, 1.82) is 0 Å². The van der Waals surface area contributed by atoms with E-state index in [1.807, 2.05) is 7.05 Å². The van der Waals surface area contributed by atoms with Gasteiger partial charge in [-0.2, -0.15) is 0 Å². The van der Waals surface area contributed by atoms with Crippen molar-refractivity contribution in [2.75, 3.05) is 7.05 Å². The first-order valence-electron chi connectivity index (χ1n) is 4.52. The maximum atomic E-state index is 11.0. The predicted molar refractivity (Wildman–Crippen MR) is 46.7 cm³/mol. The minimum Gasteiger partial charge on any atom is -0.393 e. The quantitative estimate of drug-likeness (QED) is 0.633. The van der Waals surface area contributed by atoms with Crippen LogP contribution >= 0.6 is 0 Å². The molecule has 1 rings (SSSR count). The first kappa shape index (κ1) is 9.52. The van der Waals surface area contributed by atoms with E-state index >= 15 is 0 Å². The van der Waals surface area contributed by atoms with Crippen molar-refractivity contribution in [1.82, 2.24) is 4.90 Å². The molecule has 0 aromatic heterocycles. The van der Waals surface area contributed by atoms with E-state index in [1.54, 1.807) is 11.8 Å². The van der Waals surface area contributed by atoms with E-state index in [0.717, 1.165) is 25.7 Å². The summed E-state index contributed by atoms with van der Waals surface area (Å²) in [6.45, 7) is 1.59. The first-order valence-corrected chi connectivity index (χ1v) is 4.52. The number of hydrogen-bond acceptors (Lipinski definition) is 2. The summed E-state index contributed by atoms with van der Waals surface area (Å²) in [5.74, 6) is 0.122. The number of amides is 1. The number of nitrogens with zero attached hydrogens (tertiary/aromatic N) is 1. The van der Waals surface area contributed by atoms with E-state index in [9.17, 15) is 9.90 Å². The molecule has 3 nitrogen and oxygen atoms in total. The molecule has 0 saturated heterocycles. The molecule has 3 heteroatoms. The van der Waals surface area contributed by atoms with Crippen molar-refractivity contribution in [3.05, 3.63) is 0 Å². The lowest BCUT2D eigenvalue weighted by Crippen LogP contribution is -2.39. The fraction of sp³-hybridized carbons (Fsp3) is 0.889. The molecule has 0 bridgehead atoms. The van der Waals surface area contributed by atoms with Crippen LogP contribution in [0.4, 0.5) is 0 Å². The van der Waals surface area contributed by atoms with Crippen molar-refractivity contribution in [3.63, 3.8) is 0 Å². The van der Waals surface area contributed by atoms with E-state index in [2.05, 4.69) is 0 Å². The Morgan fingerprint density at radius 2 is 1.83 bits per heavy atom. The minimum atomic E-state index is -0.137. The SMILES string of the molecule is CC(=O)N(C)[C@H]1CC[C@@H](O)CC1. The zero-order valence-electron chi connectivity index (χ0n) is 7.79. The Kier molecular flexibility index (Phi) is 3.09. The monoisotopic (exact) mass is 171 g/mol. The van der Waals surface area contributed by atoms with Gasteiger partial charge in [0.15, 0.2) is 0 Å². The van der Waals surface area contributed by atoms with E-state index < -0.39 is 0 Å². The van der Waals surface area contributed by atoms with Crippen LogP contribution in [0.1, 0.15) is 32.6 Å². The molecule has 1 aliphatic carbocycles. The molecular formula is C9H17NO2. The summed E-state index contributed by atoms with van der Waals surface area (Å²) in [7, 11) is 1.84. The van der Waals surface area contributed by atoms with Crippen LogP contribution in [0.15, 0.2) is 0 Å². The number of aliphatic hydroxyl groups excluding tert-OH is 1. The number of aliphatic hydroxyl groups is 1. The highest BCUT2D eigenvalue weighted by Gasteiger charge is 2.23. The van der Waals surface area contributed by atoms with Gasteiger partial charge in [-0.1, -0.05) is 0 Å². The summed E-state index contributed by atoms with van der Waals surface area (Å²) in [5.41, 5.74) is 0. The van der Waals surface area contributed by atoms with Crippen LogP contribution in [-0.2, 0) is 4.79 Å². The van der Waals surface area contributed by atoms with Gasteiger partial charge >= 0.3 is 0 Å². The van der Waals surface area contributed by atoms with Crippen molar-refractivity contribution in [2.45, 2.75) is 44.8 Å². The third-order valence-electron chi connectivity index (χ3n) is 2.71. The molecule has 70 valence electrons. The summed E-state index contributed by atoms with van der Waals surface area (Å²) in [6, 6.07) is 0.353. The Labute approximate surface area is 73.4 Å². The number of carbonyl (C=O) groups excluding carboxylic acids is 1. The third-order valence-corrected chi connectivity index (χ3v) is 2.71. The molecule has 0 unspecified atom stereocenters. The van der Waals surface area contributed by atoms with Crippen LogP contribution in [0.5, 0.6) is 0 Å². The Morgan fingerprint density at radius 3 is 2.25 bits per heavy atom. The first-order chi connectivity index (χ1) is 5.61. The van der Waals surface area contributed by atoms with Gasteiger partial charge in [-0.05, 0) is 25.7 Å². The van der Waals surface area contributed by atoms with Gasteiger partial charge in [0, 0.05) is 20.0 Å². The molecule has 0 heterocycles. The lowest BCUT2D eigenvalue weighted by atomic mass is 9.92. The molecule has 1 saturated carbocycles. The van der Waals surface area contributed by atoms with Gasteiger partial charge in [0.05, 0.1) is 6.10 Å². The molecule has 1 aliphatic rings. The number of rotatable bonds is 1. The van der Waals surface area contributed by atoms with Gasteiger partial charge < -0.3 is 10.0 Å².